The van der Waals surface area contributed by atoms with Crippen molar-refractivity contribution < 1.29 is 9.47 Å². The predicted molar refractivity (Wildman–Crippen MR) is 120 cm³/mol. The van der Waals surface area contributed by atoms with Crippen molar-refractivity contribution >= 4 is 0 Å². The molecular weight excluding hydrogens is 348 g/mol. The molecule has 2 aromatic rings. The fraction of sp³-hybridized carbons (Fsp3) is 0.500. The summed E-state index contributed by atoms with van der Waals surface area (Å²) in [6, 6.07) is 16.7. The molecular formula is C24H38N2O2. The summed E-state index contributed by atoms with van der Waals surface area (Å²) in [5.74, 6) is 1.84. The van der Waals surface area contributed by atoms with E-state index in [2.05, 4.69) is 34.9 Å². The maximum absolute atomic E-state index is 5.18. The van der Waals surface area contributed by atoms with E-state index >= 15 is 0 Å². The topological polar surface area (TPSA) is 42.5 Å². The highest BCUT2D eigenvalue weighted by atomic mass is 16.5. The van der Waals surface area contributed by atoms with E-state index < -0.39 is 0 Å². The molecule has 4 nitrogen and oxygen atoms in total. The van der Waals surface area contributed by atoms with E-state index in [1.807, 2.05) is 38.1 Å². The Hall–Kier alpha value is -2.04. The van der Waals surface area contributed by atoms with Gasteiger partial charge in [-0.15, -0.1) is 0 Å². The average Bonchev–Trinajstić information content (AvgIpc) is 2.77. The van der Waals surface area contributed by atoms with Gasteiger partial charge in [0.1, 0.15) is 11.5 Å². The van der Waals surface area contributed by atoms with Crippen LogP contribution in [0, 0.1) is 0 Å². The van der Waals surface area contributed by atoms with E-state index in [4.69, 9.17) is 9.47 Å². The summed E-state index contributed by atoms with van der Waals surface area (Å²) in [6.07, 6.45) is 4.52. The summed E-state index contributed by atoms with van der Waals surface area (Å²) in [7, 11) is 3.40. The van der Waals surface area contributed by atoms with E-state index in [1.165, 1.54) is 11.1 Å². The zero-order valence-electron chi connectivity index (χ0n) is 18.1. The van der Waals surface area contributed by atoms with Gasteiger partial charge in [0.2, 0.25) is 0 Å². The first-order valence-electron chi connectivity index (χ1n) is 10.5. The lowest BCUT2D eigenvalue weighted by Crippen LogP contribution is -2.28. The van der Waals surface area contributed by atoms with Crippen LogP contribution in [0.1, 0.15) is 37.8 Å². The molecule has 0 spiro atoms. The van der Waals surface area contributed by atoms with Crippen molar-refractivity contribution in [2.45, 2.75) is 39.5 Å². The Balaban J connectivity index is 0.00000190. The Labute approximate surface area is 171 Å². The molecule has 0 aliphatic rings. The average molecular weight is 387 g/mol. The van der Waals surface area contributed by atoms with Crippen LogP contribution in [0.25, 0.3) is 0 Å². The summed E-state index contributed by atoms with van der Waals surface area (Å²) in [4.78, 5) is 0. The van der Waals surface area contributed by atoms with Gasteiger partial charge in [-0.2, -0.15) is 0 Å². The molecule has 0 saturated carbocycles. The molecule has 0 aromatic heterocycles. The summed E-state index contributed by atoms with van der Waals surface area (Å²) in [6.45, 7) is 8.15. The van der Waals surface area contributed by atoms with E-state index in [0.717, 1.165) is 63.4 Å². The van der Waals surface area contributed by atoms with Crippen LogP contribution in [0.15, 0.2) is 48.5 Å². The maximum Gasteiger partial charge on any atom is 0.118 e. The van der Waals surface area contributed by atoms with Gasteiger partial charge in [0, 0.05) is 13.1 Å². The van der Waals surface area contributed by atoms with Crippen molar-refractivity contribution in [1.29, 1.82) is 0 Å². The molecule has 2 rings (SSSR count). The van der Waals surface area contributed by atoms with Crippen LogP contribution in [-0.4, -0.2) is 40.4 Å². The molecule has 0 heterocycles. The van der Waals surface area contributed by atoms with Crippen LogP contribution >= 0.6 is 0 Å². The van der Waals surface area contributed by atoms with Gasteiger partial charge in [0.25, 0.3) is 0 Å². The van der Waals surface area contributed by atoms with Crippen LogP contribution in [0.2, 0.25) is 0 Å². The smallest absolute Gasteiger partial charge is 0.118 e. The lowest BCUT2D eigenvalue weighted by Gasteiger charge is -2.08. The third kappa shape index (κ3) is 10.3. The zero-order valence-corrected chi connectivity index (χ0v) is 18.1. The molecule has 28 heavy (non-hydrogen) atoms. The number of nitrogens with one attached hydrogen (secondary N) is 2. The number of aryl methyl sites for hydroxylation is 2. The van der Waals surface area contributed by atoms with Gasteiger partial charge >= 0.3 is 0 Å². The van der Waals surface area contributed by atoms with E-state index in [0.29, 0.717) is 0 Å². The number of methoxy groups -OCH3 is 2. The van der Waals surface area contributed by atoms with Crippen molar-refractivity contribution in [3.8, 4) is 11.5 Å². The largest absolute Gasteiger partial charge is 0.497 e. The van der Waals surface area contributed by atoms with Crippen molar-refractivity contribution in [2.75, 3.05) is 40.4 Å². The minimum absolute atomic E-state index is 0.921. The first kappa shape index (κ1) is 24.0. The van der Waals surface area contributed by atoms with Gasteiger partial charge in [-0.1, -0.05) is 38.1 Å². The molecule has 0 saturated heterocycles. The molecule has 0 fully saturated rings. The van der Waals surface area contributed by atoms with Crippen molar-refractivity contribution in [3.63, 3.8) is 0 Å². The van der Waals surface area contributed by atoms with Gasteiger partial charge in [0.15, 0.2) is 0 Å². The highest BCUT2D eigenvalue weighted by Crippen LogP contribution is 2.13. The Bertz CT molecular complexity index is 542. The standard InChI is InChI=1S/C22H32N2O2.C2H6/c1-25-21-11-7-19(8-12-21)5-3-15-23-17-18-24-16-4-6-20-9-13-22(26-2)14-10-20;1-2/h7-14,23-24H,3-6,15-18H2,1-2H3;1-2H3. The quantitative estimate of drug-likeness (QED) is 0.498. The van der Waals surface area contributed by atoms with Gasteiger partial charge in [-0.05, 0) is 74.2 Å². The van der Waals surface area contributed by atoms with Crippen molar-refractivity contribution in [1.82, 2.24) is 10.6 Å². The SMILES string of the molecule is CC.COc1ccc(CCCNCCNCCCc2ccc(OC)cc2)cc1. The first-order chi connectivity index (χ1) is 13.8. The molecule has 0 unspecified atom stereocenters. The molecule has 156 valence electrons. The van der Waals surface area contributed by atoms with Crippen LogP contribution in [-0.2, 0) is 12.8 Å². The lowest BCUT2D eigenvalue weighted by atomic mass is 10.1. The maximum atomic E-state index is 5.18. The highest BCUT2D eigenvalue weighted by Gasteiger charge is 1.96. The van der Waals surface area contributed by atoms with Crippen LogP contribution in [0.4, 0.5) is 0 Å². The number of ether oxygens (including phenoxy) is 2. The Kier molecular flexibility index (Phi) is 13.7. The predicted octanol–water partition coefficient (Wildman–Crippen LogP) is 4.47. The van der Waals surface area contributed by atoms with Gasteiger partial charge in [0.05, 0.1) is 14.2 Å². The van der Waals surface area contributed by atoms with Crippen LogP contribution in [0.3, 0.4) is 0 Å². The molecule has 0 bridgehead atoms. The molecule has 0 atom stereocenters. The second-order valence-electron chi connectivity index (χ2n) is 6.40. The third-order valence-corrected chi connectivity index (χ3v) is 4.43. The normalized spacial score (nSPS) is 10.1. The highest BCUT2D eigenvalue weighted by molar-refractivity contribution is 5.27. The minimum Gasteiger partial charge on any atom is -0.497 e. The lowest BCUT2D eigenvalue weighted by molar-refractivity contribution is 0.414. The minimum atomic E-state index is 0.921. The van der Waals surface area contributed by atoms with E-state index in [9.17, 15) is 0 Å². The molecule has 4 heteroatoms. The third-order valence-electron chi connectivity index (χ3n) is 4.43. The van der Waals surface area contributed by atoms with Gasteiger partial charge in [-0.25, -0.2) is 0 Å². The summed E-state index contributed by atoms with van der Waals surface area (Å²) >= 11 is 0. The Morgan fingerprint density at radius 1 is 0.571 bits per heavy atom. The molecule has 0 amide bonds. The molecule has 2 N–H and O–H groups in total. The first-order valence-corrected chi connectivity index (χ1v) is 10.5. The fourth-order valence-corrected chi connectivity index (χ4v) is 2.85. The number of hydrogen-bond donors (Lipinski definition) is 2. The van der Waals surface area contributed by atoms with Crippen molar-refractivity contribution in [2.24, 2.45) is 0 Å². The summed E-state index contributed by atoms with van der Waals surface area (Å²) in [5, 5.41) is 7.00. The van der Waals surface area contributed by atoms with Gasteiger partial charge in [-0.3, -0.25) is 0 Å². The molecule has 2 aromatic carbocycles. The van der Waals surface area contributed by atoms with Crippen LogP contribution in [0.5, 0.6) is 11.5 Å². The number of benzene rings is 2. The fourth-order valence-electron chi connectivity index (χ4n) is 2.85. The van der Waals surface area contributed by atoms with Crippen LogP contribution < -0.4 is 20.1 Å². The molecule has 0 aliphatic carbocycles. The second kappa shape index (κ2) is 16.0. The molecule has 0 radical (unpaired) electrons. The van der Waals surface area contributed by atoms with E-state index in [-0.39, 0.29) is 0 Å². The monoisotopic (exact) mass is 386 g/mol. The van der Waals surface area contributed by atoms with Crippen molar-refractivity contribution in [3.05, 3.63) is 59.7 Å². The Morgan fingerprint density at radius 3 is 1.25 bits per heavy atom. The Morgan fingerprint density at radius 2 is 0.929 bits per heavy atom. The van der Waals surface area contributed by atoms with E-state index in [1.54, 1.807) is 14.2 Å². The zero-order chi connectivity index (χ0) is 20.5. The number of hydrogen-bond acceptors (Lipinski definition) is 4. The number of rotatable bonds is 13. The summed E-state index contributed by atoms with van der Waals surface area (Å²) < 4.78 is 10.4. The molecule has 0 aliphatic heterocycles. The second-order valence-corrected chi connectivity index (χ2v) is 6.40. The van der Waals surface area contributed by atoms with Gasteiger partial charge < -0.3 is 20.1 Å². The summed E-state index contributed by atoms with van der Waals surface area (Å²) in [5.41, 5.74) is 2.73.